The molecule has 0 radical (unpaired) electrons. The van der Waals surface area contributed by atoms with Crippen LogP contribution in [-0.4, -0.2) is 44.0 Å². The van der Waals surface area contributed by atoms with Crippen LogP contribution in [-0.2, 0) is 4.74 Å². The predicted octanol–water partition coefficient (Wildman–Crippen LogP) is 2.03. The maximum absolute atomic E-state index is 10.7. The Hall–Kier alpha value is -1.59. The van der Waals surface area contributed by atoms with Crippen LogP contribution in [0.15, 0.2) is 24.3 Å². The summed E-state index contributed by atoms with van der Waals surface area (Å²) in [6.07, 6.45) is 0. The Balaban J connectivity index is 2.05. The summed E-state index contributed by atoms with van der Waals surface area (Å²) in [6, 6.07) is 6.39. The van der Waals surface area contributed by atoms with Crippen molar-refractivity contribution in [2.24, 2.45) is 5.92 Å². The normalized spacial score (nSPS) is 10.8. The SMILES string of the molecule is CC(C)COCCNCCOc1ccc(C(=O)O)cc1. The Morgan fingerprint density at radius 2 is 1.85 bits per heavy atom. The fourth-order valence-electron chi connectivity index (χ4n) is 1.52. The highest BCUT2D eigenvalue weighted by Crippen LogP contribution is 2.11. The second-order valence-corrected chi connectivity index (χ2v) is 4.90. The summed E-state index contributed by atoms with van der Waals surface area (Å²) in [7, 11) is 0. The first-order valence-electron chi connectivity index (χ1n) is 6.84. The van der Waals surface area contributed by atoms with Gasteiger partial charge in [0, 0.05) is 19.7 Å². The van der Waals surface area contributed by atoms with Gasteiger partial charge in [-0.1, -0.05) is 13.8 Å². The molecule has 1 aromatic carbocycles. The molecule has 0 atom stereocenters. The number of carbonyl (C=O) groups is 1. The van der Waals surface area contributed by atoms with Crippen LogP contribution in [0.25, 0.3) is 0 Å². The van der Waals surface area contributed by atoms with Gasteiger partial charge >= 0.3 is 5.97 Å². The van der Waals surface area contributed by atoms with Crippen molar-refractivity contribution in [1.82, 2.24) is 5.32 Å². The Morgan fingerprint density at radius 3 is 2.45 bits per heavy atom. The van der Waals surface area contributed by atoms with E-state index in [4.69, 9.17) is 14.6 Å². The van der Waals surface area contributed by atoms with Gasteiger partial charge in [0.15, 0.2) is 0 Å². The number of hydrogen-bond acceptors (Lipinski definition) is 4. The monoisotopic (exact) mass is 281 g/mol. The molecule has 20 heavy (non-hydrogen) atoms. The molecule has 0 aliphatic heterocycles. The third-order valence-electron chi connectivity index (χ3n) is 2.52. The Morgan fingerprint density at radius 1 is 1.20 bits per heavy atom. The minimum absolute atomic E-state index is 0.262. The van der Waals surface area contributed by atoms with Crippen molar-refractivity contribution in [2.45, 2.75) is 13.8 Å². The Bertz CT molecular complexity index is 389. The van der Waals surface area contributed by atoms with E-state index in [2.05, 4.69) is 19.2 Å². The summed E-state index contributed by atoms with van der Waals surface area (Å²) in [6.45, 7) is 7.80. The van der Waals surface area contributed by atoms with Crippen molar-refractivity contribution >= 4 is 5.97 Å². The molecule has 0 spiro atoms. The molecule has 0 amide bonds. The van der Waals surface area contributed by atoms with Gasteiger partial charge in [-0.25, -0.2) is 4.79 Å². The molecule has 0 unspecified atom stereocenters. The molecule has 0 aliphatic carbocycles. The second-order valence-electron chi connectivity index (χ2n) is 4.90. The average Bonchev–Trinajstić information content (AvgIpc) is 2.42. The van der Waals surface area contributed by atoms with Crippen molar-refractivity contribution in [3.05, 3.63) is 29.8 Å². The quantitative estimate of drug-likeness (QED) is 0.642. The predicted molar refractivity (Wildman–Crippen MR) is 77.4 cm³/mol. The molecule has 2 N–H and O–H groups in total. The lowest BCUT2D eigenvalue weighted by Crippen LogP contribution is -2.25. The van der Waals surface area contributed by atoms with Gasteiger partial charge in [-0.15, -0.1) is 0 Å². The fourth-order valence-corrected chi connectivity index (χ4v) is 1.52. The molecular weight excluding hydrogens is 258 g/mol. The number of ether oxygens (including phenoxy) is 2. The molecule has 5 heteroatoms. The van der Waals surface area contributed by atoms with E-state index < -0.39 is 5.97 Å². The van der Waals surface area contributed by atoms with Crippen LogP contribution in [0.3, 0.4) is 0 Å². The molecule has 0 fully saturated rings. The highest BCUT2D eigenvalue weighted by atomic mass is 16.5. The highest BCUT2D eigenvalue weighted by molar-refractivity contribution is 5.87. The standard InChI is InChI=1S/C15H23NO4/c1-12(2)11-19-9-7-16-8-10-20-14-5-3-13(4-6-14)15(17)18/h3-6,12,16H,7-11H2,1-2H3,(H,17,18). The largest absolute Gasteiger partial charge is 0.492 e. The number of nitrogens with one attached hydrogen (secondary N) is 1. The lowest BCUT2D eigenvalue weighted by atomic mass is 10.2. The van der Waals surface area contributed by atoms with E-state index >= 15 is 0 Å². The van der Waals surface area contributed by atoms with E-state index in [-0.39, 0.29) is 5.56 Å². The summed E-state index contributed by atoms with van der Waals surface area (Å²) in [4.78, 5) is 10.7. The Kier molecular flexibility index (Phi) is 7.69. The van der Waals surface area contributed by atoms with Gasteiger partial charge in [0.25, 0.3) is 0 Å². The smallest absolute Gasteiger partial charge is 0.335 e. The Labute approximate surface area is 119 Å². The summed E-state index contributed by atoms with van der Waals surface area (Å²) in [5.41, 5.74) is 0.262. The molecule has 0 aromatic heterocycles. The molecule has 0 saturated heterocycles. The maximum Gasteiger partial charge on any atom is 0.335 e. The average molecular weight is 281 g/mol. The summed E-state index contributed by atoms with van der Waals surface area (Å²) in [5.74, 6) is 0.305. The van der Waals surface area contributed by atoms with Crippen LogP contribution >= 0.6 is 0 Å². The van der Waals surface area contributed by atoms with Crippen LogP contribution in [0.4, 0.5) is 0 Å². The molecule has 1 aromatic rings. The van der Waals surface area contributed by atoms with Gasteiger partial charge in [0.1, 0.15) is 12.4 Å². The summed E-state index contributed by atoms with van der Waals surface area (Å²) in [5, 5.41) is 12.0. The number of aromatic carboxylic acids is 1. The number of carboxylic acids is 1. The van der Waals surface area contributed by atoms with E-state index in [1.54, 1.807) is 12.1 Å². The van der Waals surface area contributed by atoms with Gasteiger partial charge in [0.05, 0.1) is 12.2 Å². The van der Waals surface area contributed by atoms with Crippen LogP contribution < -0.4 is 10.1 Å². The molecule has 0 saturated carbocycles. The maximum atomic E-state index is 10.7. The van der Waals surface area contributed by atoms with Gasteiger partial charge in [-0.3, -0.25) is 0 Å². The zero-order valence-corrected chi connectivity index (χ0v) is 12.1. The van der Waals surface area contributed by atoms with Crippen LogP contribution in [0.2, 0.25) is 0 Å². The van der Waals surface area contributed by atoms with Gasteiger partial charge in [-0.2, -0.15) is 0 Å². The van der Waals surface area contributed by atoms with Gasteiger partial charge in [-0.05, 0) is 30.2 Å². The first-order chi connectivity index (χ1) is 9.59. The van der Waals surface area contributed by atoms with E-state index in [0.29, 0.717) is 24.9 Å². The fraction of sp³-hybridized carbons (Fsp3) is 0.533. The zero-order chi connectivity index (χ0) is 14.8. The molecule has 112 valence electrons. The third-order valence-corrected chi connectivity index (χ3v) is 2.52. The zero-order valence-electron chi connectivity index (χ0n) is 12.1. The number of rotatable bonds is 10. The van der Waals surface area contributed by atoms with Gasteiger partial charge < -0.3 is 19.9 Å². The van der Waals surface area contributed by atoms with Crippen molar-refractivity contribution < 1.29 is 19.4 Å². The van der Waals surface area contributed by atoms with E-state index in [1.807, 2.05) is 0 Å². The van der Waals surface area contributed by atoms with E-state index in [1.165, 1.54) is 12.1 Å². The van der Waals surface area contributed by atoms with Crippen molar-refractivity contribution in [2.75, 3.05) is 32.9 Å². The lowest BCUT2D eigenvalue weighted by Gasteiger charge is -2.09. The number of benzene rings is 1. The number of carboxylic acid groups (broad SMARTS) is 1. The summed E-state index contributed by atoms with van der Waals surface area (Å²) < 4.78 is 10.9. The third kappa shape index (κ3) is 7.11. The first kappa shape index (κ1) is 16.5. The molecule has 0 bridgehead atoms. The highest BCUT2D eigenvalue weighted by Gasteiger charge is 2.01. The van der Waals surface area contributed by atoms with Crippen LogP contribution in [0.1, 0.15) is 24.2 Å². The topological polar surface area (TPSA) is 67.8 Å². The van der Waals surface area contributed by atoms with Crippen LogP contribution in [0, 0.1) is 5.92 Å². The van der Waals surface area contributed by atoms with Crippen molar-refractivity contribution in [3.8, 4) is 5.75 Å². The summed E-state index contributed by atoms with van der Waals surface area (Å²) >= 11 is 0. The van der Waals surface area contributed by atoms with Crippen LogP contribution in [0.5, 0.6) is 5.75 Å². The van der Waals surface area contributed by atoms with E-state index in [9.17, 15) is 4.79 Å². The molecule has 1 rings (SSSR count). The lowest BCUT2D eigenvalue weighted by molar-refractivity contribution is 0.0697. The molecule has 0 heterocycles. The van der Waals surface area contributed by atoms with Crippen molar-refractivity contribution in [1.29, 1.82) is 0 Å². The van der Waals surface area contributed by atoms with E-state index in [0.717, 1.165) is 19.7 Å². The number of hydrogen-bond donors (Lipinski definition) is 2. The minimum atomic E-state index is -0.931. The van der Waals surface area contributed by atoms with Gasteiger partial charge in [0.2, 0.25) is 0 Å². The molecule has 5 nitrogen and oxygen atoms in total. The molecule has 0 aliphatic rings. The molecular formula is C15H23NO4. The van der Waals surface area contributed by atoms with Crippen molar-refractivity contribution in [3.63, 3.8) is 0 Å². The minimum Gasteiger partial charge on any atom is -0.492 e. The second kappa shape index (κ2) is 9.34. The first-order valence-corrected chi connectivity index (χ1v) is 6.84.